The number of nitrogens with one attached hydrogen (secondary N) is 1. The van der Waals surface area contributed by atoms with E-state index in [4.69, 9.17) is 11.6 Å². The smallest absolute Gasteiger partial charge is 0.261 e. The van der Waals surface area contributed by atoms with Crippen LogP contribution in [0, 0.1) is 0 Å². The number of thiophene rings is 1. The number of nitrogens with zero attached hydrogens (tertiary/aromatic N) is 1. The lowest BCUT2D eigenvalue weighted by atomic mass is 10.0. The maximum absolute atomic E-state index is 12.0. The van der Waals surface area contributed by atoms with E-state index in [1.807, 2.05) is 0 Å². The van der Waals surface area contributed by atoms with Gasteiger partial charge in [-0.25, -0.2) is 0 Å². The summed E-state index contributed by atoms with van der Waals surface area (Å²) >= 11 is 7.18. The molecule has 2 heterocycles. The summed E-state index contributed by atoms with van der Waals surface area (Å²) < 4.78 is 0.670. The molecule has 2 fully saturated rings. The van der Waals surface area contributed by atoms with Crippen molar-refractivity contribution in [3.8, 4) is 0 Å². The van der Waals surface area contributed by atoms with Gasteiger partial charge in [0.2, 0.25) is 0 Å². The first-order valence-electron chi connectivity index (χ1n) is 6.52. The highest BCUT2D eigenvalue weighted by atomic mass is 35.5. The van der Waals surface area contributed by atoms with Gasteiger partial charge in [-0.15, -0.1) is 11.3 Å². The predicted octanol–water partition coefficient (Wildman–Crippen LogP) is 2.76. The van der Waals surface area contributed by atoms with Crippen molar-refractivity contribution in [2.24, 2.45) is 0 Å². The first-order chi connectivity index (χ1) is 8.72. The molecule has 1 aliphatic carbocycles. The van der Waals surface area contributed by atoms with Gasteiger partial charge in [-0.05, 0) is 37.8 Å². The molecule has 0 spiro atoms. The second-order valence-corrected chi connectivity index (χ2v) is 6.83. The van der Waals surface area contributed by atoms with Gasteiger partial charge in [0.1, 0.15) is 0 Å². The summed E-state index contributed by atoms with van der Waals surface area (Å²) in [5.74, 6) is 0.0248. The fourth-order valence-corrected chi connectivity index (χ4v) is 3.49. The van der Waals surface area contributed by atoms with Gasteiger partial charge in [-0.1, -0.05) is 11.6 Å². The Morgan fingerprint density at radius 1 is 1.28 bits per heavy atom. The lowest BCUT2D eigenvalue weighted by Gasteiger charge is -2.32. The van der Waals surface area contributed by atoms with E-state index in [0.717, 1.165) is 32.0 Å². The van der Waals surface area contributed by atoms with E-state index in [1.165, 1.54) is 24.2 Å². The lowest BCUT2D eigenvalue weighted by molar-refractivity contribution is 0.0913. The standard InChI is InChI=1S/C13H17ClN2OS/c14-12-4-3-11(18-12)13(17)15-9-5-7-16(8-6-9)10-1-2-10/h3-4,9-10H,1-2,5-8H2,(H,15,17). The topological polar surface area (TPSA) is 32.3 Å². The molecule has 1 aliphatic heterocycles. The Hall–Kier alpha value is -0.580. The van der Waals surface area contributed by atoms with Crippen LogP contribution in [0.5, 0.6) is 0 Å². The molecule has 2 aliphatic rings. The van der Waals surface area contributed by atoms with Crippen LogP contribution in [0.3, 0.4) is 0 Å². The predicted molar refractivity (Wildman–Crippen MR) is 74.4 cm³/mol. The molecule has 3 nitrogen and oxygen atoms in total. The van der Waals surface area contributed by atoms with Gasteiger partial charge in [-0.2, -0.15) is 0 Å². The third-order valence-electron chi connectivity index (χ3n) is 3.73. The van der Waals surface area contributed by atoms with E-state index in [0.29, 0.717) is 15.3 Å². The second-order valence-electron chi connectivity index (χ2n) is 5.12. The number of piperidine rings is 1. The minimum absolute atomic E-state index is 0.0248. The van der Waals surface area contributed by atoms with Gasteiger partial charge >= 0.3 is 0 Å². The van der Waals surface area contributed by atoms with Crippen LogP contribution in [-0.2, 0) is 0 Å². The zero-order valence-electron chi connectivity index (χ0n) is 10.2. The van der Waals surface area contributed by atoms with E-state index in [1.54, 1.807) is 12.1 Å². The van der Waals surface area contributed by atoms with Gasteiger partial charge in [0.15, 0.2) is 0 Å². The highest BCUT2D eigenvalue weighted by Gasteiger charge is 2.32. The number of rotatable bonds is 3. The lowest BCUT2D eigenvalue weighted by Crippen LogP contribution is -2.45. The quantitative estimate of drug-likeness (QED) is 0.926. The van der Waals surface area contributed by atoms with Crippen LogP contribution in [-0.4, -0.2) is 36.0 Å². The van der Waals surface area contributed by atoms with Gasteiger partial charge in [0, 0.05) is 25.2 Å². The van der Waals surface area contributed by atoms with E-state index < -0.39 is 0 Å². The molecule has 3 rings (SSSR count). The van der Waals surface area contributed by atoms with Crippen molar-refractivity contribution >= 4 is 28.8 Å². The molecule has 5 heteroatoms. The molecule has 0 bridgehead atoms. The Morgan fingerprint density at radius 3 is 2.56 bits per heavy atom. The van der Waals surface area contributed by atoms with Crippen LogP contribution in [0.2, 0.25) is 4.34 Å². The summed E-state index contributed by atoms with van der Waals surface area (Å²) in [6.07, 6.45) is 4.87. The van der Waals surface area contributed by atoms with Crippen LogP contribution in [0.25, 0.3) is 0 Å². The first-order valence-corrected chi connectivity index (χ1v) is 7.72. The second kappa shape index (κ2) is 5.19. The first kappa shape index (κ1) is 12.5. The number of halogens is 1. The third kappa shape index (κ3) is 2.87. The fraction of sp³-hybridized carbons (Fsp3) is 0.615. The summed E-state index contributed by atoms with van der Waals surface area (Å²) in [5.41, 5.74) is 0. The Bertz CT molecular complexity index is 436. The van der Waals surface area contributed by atoms with E-state index >= 15 is 0 Å². The summed E-state index contributed by atoms with van der Waals surface area (Å²) in [6, 6.07) is 4.74. The van der Waals surface area contributed by atoms with Crippen LogP contribution >= 0.6 is 22.9 Å². The molecule has 1 aromatic rings. The van der Waals surface area contributed by atoms with Crippen molar-refractivity contribution in [2.45, 2.75) is 37.8 Å². The van der Waals surface area contributed by atoms with Gasteiger partial charge in [0.25, 0.3) is 5.91 Å². The van der Waals surface area contributed by atoms with E-state index in [9.17, 15) is 4.79 Å². The Balaban J connectivity index is 1.50. The van der Waals surface area contributed by atoms with Crippen LogP contribution in [0.1, 0.15) is 35.4 Å². The molecule has 1 saturated heterocycles. The van der Waals surface area contributed by atoms with Crippen molar-refractivity contribution < 1.29 is 4.79 Å². The maximum atomic E-state index is 12.0. The van der Waals surface area contributed by atoms with Crippen molar-refractivity contribution in [3.63, 3.8) is 0 Å². The summed E-state index contributed by atoms with van der Waals surface area (Å²) in [7, 11) is 0. The molecule has 1 N–H and O–H groups in total. The number of likely N-dealkylation sites (tertiary alicyclic amines) is 1. The van der Waals surface area contributed by atoms with Crippen LogP contribution in [0.15, 0.2) is 12.1 Å². The largest absolute Gasteiger partial charge is 0.349 e. The van der Waals surface area contributed by atoms with Crippen LogP contribution in [0.4, 0.5) is 0 Å². The molecular formula is C13H17ClN2OS. The monoisotopic (exact) mass is 284 g/mol. The number of carbonyl (C=O) groups excluding carboxylic acids is 1. The van der Waals surface area contributed by atoms with Crippen LogP contribution < -0.4 is 5.32 Å². The molecular weight excluding hydrogens is 268 g/mol. The minimum Gasteiger partial charge on any atom is -0.349 e. The highest BCUT2D eigenvalue weighted by molar-refractivity contribution is 7.17. The van der Waals surface area contributed by atoms with Crippen molar-refractivity contribution in [2.75, 3.05) is 13.1 Å². The van der Waals surface area contributed by atoms with Crippen molar-refractivity contribution in [1.29, 1.82) is 0 Å². The average Bonchev–Trinajstić information content (AvgIpc) is 3.12. The Kier molecular flexibility index (Phi) is 3.59. The average molecular weight is 285 g/mol. The van der Waals surface area contributed by atoms with Crippen molar-refractivity contribution in [1.82, 2.24) is 10.2 Å². The maximum Gasteiger partial charge on any atom is 0.261 e. The number of hydrogen-bond donors (Lipinski definition) is 1. The molecule has 1 aromatic heterocycles. The van der Waals surface area contributed by atoms with E-state index in [2.05, 4.69) is 10.2 Å². The summed E-state index contributed by atoms with van der Waals surface area (Å²) in [5, 5.41) is 3.11. The zero-order chi connectivity index (χ0) is 12.5. The molecule has 1 amide bonds. The number of amides is 1. The third-order valence-corrected chi connectivity index (χ3v) is 4.95. The number of carbonyl (C=O) groups is 1. The summed E-state index contributed by atoms with van der Waals surface area (Å²) in [4.78, 5) is 15.3. The molecule has 0 radical (unpaired) electrons. The fourth-order valence-electron chi connectivity index (χ4n) is 2.54. The molecule has 0 aromatic carbocycles. The Morgan fingerprint density at radius 2 is 2.00 bits per heavy atom. The molecule has 0 unspecified atom stereocenters. The number of hydrogen-bond acceptors (Lipinski definition) is 3. The van der Waals surface area contributed by atoms with E-state index in [-0.39, 0.29) is 5.91 Å². The van der Waals surface area contributed by atoms with Gasteiger partial charge in [-0.3, -0.25) is 4.79 Å². The SMILES string of the molecule is O=C(NC1CCN(C2CC2)CC1)c1ccc(Cl)s1. The Labute approximate surface area is 116 Å². The molecule has 1 saturated carbocycles. The zero-order valence-corrected chi connectivity index (χ0v) is 11.8. The normalized spacial score (nSPS) is 22.1. The minimum atomic E-state index is 0.0248. The highest BCUT2D eigenvalue weighted by Crippen LogP contribution is 2.29. The van der Waals surface area contributed by atoms with Gasteiger partial charge in [0.05, 0.1) is 9.21 Å². The van der Waals surface area contributed by atoms with Gasteiger partial charge < -0.3 is 10.2 Å². The molecule has 0 atom stereocenters. The molecule has 18 heavy (non-hydrogen) atoms. The molecule has 98 valence electrons. The summed E-state index contributed by atoms with van der Waals surface area (Å²) in [6.45, 7) is 2.25. The van der Waals surface area contributed by atoms with Crippen molar-refractivity contribution in [3.05, 3.63) is 21.3 Å².